The molecule has 0 unspecified atom stereocenters. The van der Waals surface area contributed by atoms with E-state index in [1.54, 1.807) is 18.2 Å². The van der Waals surface area contributed by atoms with Gasteiger partial charge < -0.3 is 14.6 Å². The van der Waals surface area contributed by atoms with Crippen LogP contribution in [0.4, 0.5) is 5.82 Å². The Morgan fingerprint density at radius 1 is 0.880 bits per heavy atom. The number of imidazole rings is 1. The number of benzene rings is 2. The Labute approximate surface area is 148 Å². The number of H-pyrrole nitrogens is 1. The van der Waals surface area contributed by atoms with E-state index in [9.17, 15) is 0 Å². The highest BCUT2D eigenvalue weighted by Gasteiger charge is 2.10. The van der Waals surface area contributed by atoms with Gasteiger partial charge in [-0.05, 0) is 60.7 Å². The second-order valence-corrected chi connectivity index (χ2v) is 5.75. The van der Waals surface area contributed by atoms with E-state index in [0.29, 0.717) is 22.3 Å². The van der Waals surface area contributed by atoms with Crippen LogP contribution in [0.2, 0.25) is 5.02 Å². The lowest BCUT2D eigenvalue weighted by molar-refractivity contribution is 0.483. The van der Waals surface area contributed by atoms with Gasteiger partial charge in [-0.1, -0.05) is 23.2 Å². The van der Waals surface area contributed by atoms with Crippen LogP contribution < -0.4 is 4.74 Å². The minimum atomic E-state index is 0.331. The molecule has 0 bridgehead atoms. The van der Waals surface area contributed by atoms with E-state index in [0.717, 1.165) is 22.6 Å². The van der Waals surface area contributed by atoms with Crippen LogP contribution in [0.3, 0.4) is 0 Å². The van der Waals surface area contributed by atoms with Crippen molar-refractivity contribution in [2.45, 2.75) is 0 Å². The van der Waals surface area contributed by atoms with E-state index in [-0.39, 0.29) is 0 Å². The molecule has 1 N–H and O–H groups in total. The number of hydrogen-bond donors (Lipinski definition) is 1. The van der Waals surface area contributed by atoms with Gasteiger partial charge in [-0.15, -0.1) is 0 Å². The molecule has 0 atom stereocenters. The summed E-state index contributed by atoms with van der Waals surface area (Å²) in [4.78, 5) is 15.2. The first kappa shape index (κ1) is 15.2. The second kappa shape index (κ2) is 6.27. The van der Waals surface area contributed by atoms with E-state index in [1.807, 2.05) is 42.5 Å². The minimum absolute atomic E-state index is 0.331. The predicted molar refractivity (Wildman–Crippen MR) is 97.1 cm³/mol. The largest absolute Gasteiger partial charge is 0.457 e. The maximum Gasteiger partial charge on any atom is 0.272 e. The Morgan fingerprint density at radius 2 is 1.56 bits per heavy atom. The fourth-order valence-electron chi connectivity index (χ4n) is 2.40. The van der Waals surface area contributed by atoms with Gasteiger partial charge in [-0.2, -0.15) is 4.98 Å². The number of halogens is 1. The van der Waals surface area contributed by atoms with E-state index in [2.05, 4.69) is 19.8 Å². The number of ether oxygens (including phenoxy) is 1. The highest BCUT2D eigenvalue weighted by atomic mass is 35.5. The molecule has 4 aromatic rings. The van der Waals surface area contributed by atoms with Gasteiger partial charge in [0.1, 0.15) is 22.8 Å². The Balaban J connectivity index is 1.59. The molecule has 0 aliphatic carbocycles. The molecule has 25 heavy (non-hydrogen) atoms. The molecular formula is C19H11ClN4O. The molecule has 6 heteroatoms. The third-order valence-corrected chi connectivity index (χ3v) is 3.87. The molecule has 0 aliphatic heterocycles. The van der Waals surface area contributed by atoms with Crippen LogP contribution in [0, 0.1) is 6.57 Å². The van der Waals surface area contributed by atoms with E-state index >= 15 is 0 Å². The van der Waals surface area contributed by atoms with Gasteiger partial charge in [0.25, 0.3) is 11.5 Å². The fraction of sp³-hybridized carbons (Fsp3) is 0. The lowest BCUT2D eigenvalue weighted by Gasteiger charge is -2.06. The molecular weight excluding hydrogens is 336 g/mol. The van der Waals surface area contributed by atoms with E-state index < -0.39 is 0 Å². The number of nitrogens with one attached hydrogen (secondary N) is 1. The van der Waals surface area contributed by atoms with Crippen molar-refractivity contribution in [3.05, 3.63) is 77.1 Å². The predicted octanol–water partition coefficient (Wildman–Crippen LogP) is 5.62. The van der Waals surface area contributed by atoms with Crippen molar-refractivity contribution in [3.8, 4) is 22.9 Å². The number of nitrogens with zero attached hydrogens (tertiary/aromatic N) is 3. The van der Waals surface area contributed by atoms with Crippen molar-refractivity contribution in [1.29, 1.82) is 0 Å². The highest BCUT2D eigenvalue weighted by molar-refractivity contribution is 6.30. The van der Waals surface area contributed by atoms with Crippen LogP contribution in [0.15, 0.2) is 60.7 Å². The molecule has 2 aromatic heterocycles. The van der Waals surface area contributed by atoms with Crippen molar-refractivity contribution in [1.82, 2.24) is 15.0 Å². The summed E-state index contributed by atoms with van der Waals surface area (Å²) >= 11 is 5.87. The zero-order valence-corrected chi connectivity index (χ0v) is 13.7. The van der Waals surface area contributed by atoms with Gasteiger partial charge in [0.15, 0.2) is 0 Å². The molecule has 120 valence electrons. The molecule has 0 spiro atoms. The van der Waals surface area contributed by atoms with Crippen LogP contribution in [-0.4, -0.2) is 15.0 Å². The van der Waals surface area contributed by atoms with Gasteiger partial charge >= 0.3 is 0 Å². The third-order valence-electron chi connectivity index (χ3n) is 3.62. The quantitative estimate of drug-likeness (QED) is 0.490. The Hall–Kier alpha value is -3.36. The number of hydrogen-bond acceptors (Lipinski definition) is 3. The molecule has 0 saturated carbocycles. The summed E-state index contributed by atoms with van der Waals surface area (Å²) in [6.45, 7) is 7.02. The SMILES string of the molecule is [C-]#[N+]c1ccc2[nH]c(-c3ccc(Oc4ccc(Cl)cc4)cc3)nc2n1. The maximum atomic E-state index is 7.02. The monoisotopic (exact) mass is 346 g/mol. The van der Waals surface area contributed by atoms with Crippen LogP contribution in [0.5, 0.6) is 11.5 Å². The molecule has 0 saturated heterocycles. The van der Waals surface area contributed by atoms with Gasteiger partial charge in [0.05, 0.1) is 0 Å². The van der Waals surface area contributed by atoms with Crippen LogP contribution >= 0.6 is 11.6 Å². The average molecular weight is 347 g/mol. The minimum Gasteiger partial charge on any atom is -0.457 e. The zero-order valence-electron chi connectivity index (χ0n) is 12.9. The number of aromatic nitrogens is 3. The molecule has 2 heterocycles. The highest BCUT2D eigenvalue weighted by Crippen LogP contribution is 2.26. The summed E-state index contributed by atoms with van der Waals surface area (Å²) in [6.07, 6.45) is 0. The molecule has 0 radical (unpaired) electrons. The van der Waals surface area contributed by atoms with Gasteiger partial charge in [-0.3, -0.25) is 0 Å². The molecule has 0 aliphatic rings. The summed E-state index contributed by atoms with van der Waals surface area (Å²) < 4.78 is 5.78. The van der Waals surface area contributed by atoms with Crippen molar-refractivity contribution in [3.63, 3.8) is 0 Å². The standard InChI is InChI=1S/C19H11ClN4O/c1-21-17-11-10-16-19(23-17)24-18(22-16)12-2-6-14(7-3-12)25-15-8-4-13(20)5-9-15/h2-11H,(H,22,23,24). The van der Waals surface area contributed by atoms with Crippen molar-refractivity contribution in [2.75, 3.05) is 0 Å². The fourth-order valence-corrected chi connectivity index (χ4v) is 2.53. The second-order valence-electron chi connectivity index (χ2n) is 5.32. The Kier molecular flexibility index (Phi) is 3.81. The molecule has 4 rings (SSSR count). The third kappa shape index (κ3) is 3.16. The maximum absolute atomic E-state index is 7.02. The number of pyridine rings is 1. The van der Waals surface area contributed by atoms with Gasteiger partial charge in [0, 0.05) is 10.6 Å². The van der Waals surface area contributed by atoms with Crippen LogP contribution in [0.1, 0.15) is 0 Å². The summed E-state index contributed by atoms with van der Waals surface area (Å²) in [6, 6.07) is 18.2. The summed E-state index contributed by atoms with van der Waals surface area (Å²) in [5.41, 5.74) is 2.24. The Morgan fingerprint density at radius 3 is 2.24 bits per heavy atom. The smallest absolute Gasteiger partial charge is 0.272 e. The zero-order chi connectivity index (χ0) is 17.2. The lowest BCUT2D eigenvalue weighted by atomic mass is 10.2. The molecule has 5 nitrogen and oxygen atoms in total. The van der Waals surface area contributed by atoms with E-state index in [4.69, 9.17) is 22.9 Å². The summed E-state index contributed by atoms with van der Waals surface area (Å²) in [5.74, 6) is 2.47. The summed E-state index contributed by atoms with van der Waals surface area (Å²) in [7, 11) is 0. The van der Waals surface area contributed by atoms with Crippen molar-refractivity contribution >= 4 is 28.6 Å². The average Bonchev–Trinajstić information content (AvgIpc) is 3.07. The first-order valence-corrected chi connectivity index (χ1v) is 7.87. The van der Waals surface area contributed by atoms with Crippen molar-refractivity contribution < 1.29 is 4.74 Å². The number of rotatable bonds is 3. The first-order valence-electron chi connectivity index (χ1n) is 7.49. The first-order chi connectivity index (χ1) is 12.2. The van der Waals surface area contributed by atoms with Gasteiger partial charge in [-0.25, -0.2) is 0 Å². The summed E-state index contributed by atoms with van der Waals surface area (Å²) in [5, 5.41) is 0.669. The molecule has 0 amide bonds. The normalized spacial score (nSPS) is 10.6. The number of fused-ring (bicyclic) bond motifs is 1. The van der Waals surface area contributed by atoms with Crippen LogP contribution in [-0.2, 0) is 0 Å². The molecule has 2 aromatic carbocycles. The molecule has 0 fully saturated rings. The van der Waals surface area contributed by atoms with Crippen LogP contribution in [0.25, 0.3) is 27.4 Å². The topological polar surface area (TPSA) is 55.2 Å². The lowest BCUT2D eigenvalue weighted by Crippen LogP contribution is -1.85. The van der Waals surface area contributed by atoms with E-state index in [1.165, 1.54) is 0 Å². The van der Waals surface area contributed by atoms with Gasteiger partial charge in [0.2, 0.25) is 0 Å². The van der Waals surface area contributed by atoms with Crippen molar-refractivity contribution in [2.24, 2.45) is 0 Å². The Bertz CT molecular complexity index is 1080. The number of aromatic amines is 1.